The summed E-state index contributed by atoms with van der Waals surface area (Å²) in [6.45, 7) is 0. The highest BCUT2D eigenvalue weighted by molar-refractivity contribution is 6.30. The molecule has 0 saturated heterocycles. The highest BCUT2D eigenvalue weighted by atomic mass is 35.5. The van der Waals surface area contributed by atoms with E-state index in [4.69, 9.17) is 11.6 Å². The van der Waals surface area contributed by atoms with Gasteiger partial charge in [-0.05, 0) is 36.4 Å². The number of benzene rings is 2. The van der Waals surface area contributed by atoms with Crippen molar-refractivity contribution in [2.24, 2.45) is 0 Å². The molecule has 2 aromatic rings. The van der Waals surface area contributed by atoms with Gasteiger partial charge in [0.2, 0.25) is 0 Å². The average Bonchev–Trinajstić information content (AvgIpc) is 2.38. The fourth-order valence-electron chi connectivity index (χ4n) is 1.60. The Morgan fingerprint density at radius 2 is 1.58 bits per heavy atom. The summed E-state index contributed by atoms with van der Waals surface area (Å²) in [6.07, 6.45) is -4.46. The Balaban J connectivity index is 2.37. The number of carbonyl (C=O) groups is 1. The van der Waals surface area contributed by atoms with Gasteiger partial charge in [0.25, 0.3) is 0 Å². The van der Waals surface area contributed by atoms with Gasteiger partial charge in [-0.2, -0.15) is 13.2 Å². The first-order valence-electron chi connectivity index (χ1n) is 5.35. The van der Waals surface area contributed by atoms with E-state index in [1.54, 1.807) is 0 Å². The number of rotatable bonds is 2. The van der Waals surface area contributed by atoms with Gasteiger partial charge in [0.15, 0.2) is 5.78 Å². The second kappa shape index (κ2) is 5.05. The molecule has 98 valence electrons. The van der Waals surface area contributed by atoms with E-state index in [1.165, 1.54) is 36.4 Å². The van der Waals surface area contributed by atoms with E-state index in [2.05, 4.69) is 0 Å². The first kappa shape index (κ1) is 13.6. The van der Waals surface area contributed by atoms with E-state index >= 15 is 0 Å². The minimum atomic E-state index is -4.46. The van der Waals surface area contributed by atoms with E-state index < -0.39 is 17.5 Å². The average molecular weight is 285 g/mol. The van der Waals surface area contributed by atoms with Crippen molar-refractivity contribution >= 4 is 17.4 Å². The van der Waals surface area contributed by atoms with Crippen LogP contribution in [0.2, 0.25) is 5.02 Å². The third-order valence-electron chi connectivity index (χ3n) is 2.56. The molecule has 0 saturated carbocycles. The van der Waals surface area contributed by atoms with Crippen LogP contribution in [-0.2, 0) is 6.18 Å². The summed E-state index contributed by atoms with van der Waals surface area (Å²) in [7, 11) is 0. The van der Waals surface area contributed by atoms with Crippen LogP contribution in [0.3, 0.4) is 0 Å². The quantitative estimate of drug-likeness (QED) is 0.737. The topological polar surface area (TPSA) is 17.1 Å². The van der Waals surface area contributed by atoms with Crippen LogP contribution in [0.5, 0.6) is 0 Å². The summed E-state index contributed by atoms with van der Waals surface area (Å²) in [5.41, 5.74) is -0.548. The predicted octanol–water partition coefficient (Wildman–Crippen LogP) is 4.59. The summed E-state index contributed by atoms with van der Waals surface area (Å²) >= 11 is 5.69. The lowest BCUT2D eigenvalue weighted by Crippen LogP contribution is -2.08. The van der Waals surface area contributed by atoms with Gasteiger partial charge in [-0.25, -0.2) is 0 Å². The molecule has 2 aromatic carbocycles. The number of alkyl halides is 3. The normalized spacial score (nSPS) is 11.4. The third kappa shape index (κ3) is 3.15. The highest BCUT2D eigenvalue weighted by Crippen LogP contribution is 2.30. The molecule has 0 spiro atoms. The molecule has 0 heterocycles. The molecule has 0 atom stereocenters. The Hall–Kier alpha value is -1.81. The lowest BCUT2D eigenvalue weighted by Gasteiger charge is -2.08. The lowest BCUT2D eigenvalue weighted by atomic mass is 10.0. The maximum Gasteiger partial charge on any atom is 0.416 e. The van der Waals surface area contributed by atoms with Crippen LogP contribution in [0.1, 0.15) is 21.5 Å². The fourth-order valence-corrected chi connectivity index (χ4v) is 1.73. The van der Waals surface area contributed by atoms with Gasteiger partial charge in [0.05, 0.1) is 5.56 Å². The molecule has 0 aromatic heterocycles. The van der Waals surface area contributed by atoms with Gasteiger partial charge in [-0.15, -0.1) is 0 Å². The van der Waals surface area contributed by atoms with Gasteiger partial charge in [0, 0.05) is 16.1 Å². The minimum absolute atomic E-state index is 0.00264. The van der Waals surface area contributed by atoms with E-state index in [0.29, 0.717) is 10.6 Å². The Labute approximate surface area is 112 Å². The third-order valence-corrected chi connectivity index (χ3v) is 2.81. The first-order chi connectivity index (χ1) is 8.88. The summed E-state index contributed by atoms with van der Waals surface area (Å²) in [5.74, 6) is -0.470. The van der Waals surface area contributed by atoms with Crippen LogP contribution in [0.4, 0.5) is 13.2 Å². The van der Waals surface area contributed by atoms with E-state index in [-0.39, 0.29) is 5.56 Å². The van der Waals surface area contributed by atoms with Crippen LogP contribution < -0.4 is 0 Å². The van der Waals surface area contributed by atoms with Crippen molar-refractivity contribution in [1.82, 2.24) is 0 Å². The van der Waals surface area contributed by atoms with Crippen molar-refractivity contribution in [2.45, 2.75) is 6.18 Å². The maximum absolute atomic E-state index is 12.6. The summed E-state index contributed by atoms with van der Waals surface area (Å²) in [6, 6.07) is 10.3. The van der Waals surface area contributed by atoms with Gasteiger partial charge in [0.1, 0.15) is 0 Å². The molecule has 0 unspecified atom stereocenters. The largest absolute Gasteiger partial charge is 0.416 e. The Kier molecular flexibility index (Phi) is 3.62. The number of hydrogen-bond donors (Lipinski definition) is 0. The van der Waals surface area contributed by atoms with Gasteiger partial charge >= 0.3 is 6.18 Å². The van der Waals surface area contributed by atoms with Crippen LogP contribution in [-0.4, -0.2) is 5.78 Å². The number of halogens is 4. The van der Waals surface area contributed by atoms with Crippen molar-refractivity contribution in [3.63, 3.8) is 0 Å². The molecule has 0 fully saturated rings. The van der Waals surface area contributed by atoms with E-state index in [0.717, 1.165) is 12.1 Å². The smallest absolute Gasteiger partial charge is 0.289 e. The van der Waals surface area contributed by atoms with Crippen molar-refractivity contribution < 1.29 is 18.0 Å². The second-order valence-corrected chi connectivity index (χ2v) is 4.35. The molecule has 0 aliphatic carbocycles. The molecule has 0 amide bonds. The Morgan fingerprint density at radius 3 is 2.16 bits per heavy atom. The van der Waals surface area contributed by atoms with Crippen LogP contribution in [0, 0.1) is 0 Å². The number of ketones is 1. The minimum Gasteiger partial charge on any atom is -0.289 e. The summed E-state index contributed by atoms with van der Waals surface area (Å²) < 4.78 is 37.7. The zero-order valence-electron chi connectivity index (χ0n) is 9.54. The molecule has 0 bridgehead atoms. The van der Waals surface area contributed by atoms with Crippen molar-refractivity contribution in [3.8, 4) is 0 Å². The summed E-state index contributed by atoms with van der Waals surface area (Å²) in [5, 5.41) is 0.459. The number of carbonyl (C=O) groups excluding carboxylic acids is 1. The van der Waals surface area contributed by atoms with Gasteiger partial charge < -0.3 is 0 Å². The predicted molar refractivity (Wildman–Crippen MR) is 66.3 cm³/mol. The van der Waals surface area contributed by atoms with E-state index in [1.807, 2.05) is 0 Å². The Bertz CT molecular complexity index is 603. The Morgan fingerprint density at radius 1 is 0.947 bits per heavy atom. The fraction of sp³-hybridized carbons (Fsp3) is 0.0714. The lowest BCUT2D eigenvalue weighted by molar-refractivity contribution is -0.137. The number of hydrogen-bond acceptors (Lipinski definition) is 1. The second-order valence-electron chi connectivity index (χ2n) is 3.91. The molecule has 0 N–H and O–H groups in total. The van der Waals surface area contributed by atoms with Crippen LogP contribution in [0.15, 0.2) is 48.5 Å². The molecule has 0 aliphatic heterocycles. The zero-order valence-corrected chi connectivity index (χ0v) is 10.3. The zero-order chi connectivity index (χ0) is 14.0. The highest BCUT2D eigenvalue weighted by Gasteiger charge is 2.30. The molecule has 0 aliphatic rings. The maximum atomic E-state index is 12.6. The molecular weight excluding hydrogens is 277 g/mol. The van der Waals surface area contributed by atoms with E-state index in [9.17, 15) is 18.0 Å². The molecule has 19 heavy (non-hydrogen) atoms. The van der Waals surface area contributed by atoms with Crippen molar-refractivity contribution in [1.29, 1.82) is 0 Å². The molecule has 5 heteroatoms. The molecule has 1 nitrogen and oxygen atoms in total. The first-order valence-corrected chi connectivity index (χ1v) is 5.73. The van der Waals surface area contributed by atoms with Crippen molar-refractivity contribution in [2.75, 3.05) is 0 Å². The monoisotopic (exact) mass is 284 g/mol. The van der Waals surface area contributed by atoms with Crippen molar-refractivity contribution in [3.05, 3.63) is 70.2 Å². The SMILES string of the molecule is O=C(c1ccc(Cl)cc1)c1cccc(C(F)(F)F)c1. The molecule has 2 rings (SSSR count). The van der Waals surface area contributed by atoms with Gasteiger partial charge in [-0.1, -0.05) is 23.7 Å². The van der Waals surface area contributed by atoms with Crippen LogP contribution >= 0.6 is 11.6 Å². The molecule has 0 radical (unpaired) electrons. The standard InChI is InChI=1S/C14H8ClF3O/c15-12-6-4-9(5-7-12)13(19)10-2-1-3-11(8-10)14(16,17)18/h1-8H. The van der Waals surface area contributed by atoms with Crippen LogP contribution in [0.25, 0.3) is 0 Å². The molecular formula is C14H8ClF3O. The summed E-state index contributed by atoms with van der Waals surface area (Å²) in [4.78, 5) is 12.0. The van der Waals surface area contributed by atoms with Gasteiger partial charge in [-0.3, -0.25) is 4.79 Å².